The molecule has 0 aliphatic heterocycles. The summed E-state index contributed by atoms with van der Waals surface area (Å²) in [5.41, 5.74) is 6.08. The molecule has 1 aliphatic rings. The van der Waals surface area contributed by atoms with Crippen LogP contribution in [0.2, 0.25) is 0 Å². The molecule has 0 amide bonds. The van der Waals surface area contributed by atoms with E-state index >= 15 is 0 Å². The summed E-state index contributed by atoms with van der Waals surface area (Å²) < 4.78 is 0. The van der Waals surface area contributed by atoms with E-state index < -0.39 is 0 Å². The normalized spacial score (nSPS) is 19.2. The summed E-state index contributed by atoms with van der Waals surface area (Å²) in [6.07, 6.45) is 5.75. The highest BCUT2D eigenvalue weighted by Gasteiger charge is 2.25. The molecule has 0 spiro atoms. The number of ketones is 1. The van der Waals surface area contributed by atoms with Crippen LogP contribution in [0.4, 0.5) is 11.4 Å². The zero-order valence-electron chi connectivity index (χ0n) is 17.7. The Morgan fingerprint density at radius 2 is 1.11 bits per heavy atom. The van der Waals surface area contributed by atoms with E-state index in [4.69, 9.17) is 0 Å². The van der Waals surface area contributed by atoms with Crippen molar-refractivity contribution in [3.63, 3.8) is 0 Å². The van der Waals surface area contributed by atoms with Gasteiger partial charge in [-0.05, 0) is 66.3 Å². The number of rotatable bonds is 4. The second-order valence-electron chi connectivity index (χ2n) is 6.93. The first-order chi connectivity index (χ1) is 13.6. The minimum atomic E-state index is 0.179. The molecule has 3 nitrogen and oxygen atoms in total. The summed E-state index contributed by atoms with van der Waals surface area (Å²) in [5.74, 6) is 0.650. The van der Waals surface area contributed by atoms with Crippen molar-refractivity contribution in [2.75, 3.05) is 24.7 Å². The van der Waals surface area contributed by atoms with Crippen molar-refractivity contribution in [2.24, 2.45) is 5.92 Å². The van der Waals surface area contributed by atoms with Crippen LogP contribution in [0.25, 0.3) is 12.2 Å². The molecular formula is C25H32N2O. The second kappa shape index (κ2) is 10.5. The lowest BCUT2D eigenvalue weighted by molar-refractivity contribution is -0.113. The molecule has 1 saturated carbocycles. The van der Waals surface area contributed by atoms with E-state index in [-0.39, 0.29) is 5.78 Å². The van der Waals surface area contributed by atoms with Crippen molar-refractivity contribution < 1.29 is 4.79 Å². The summed E-state index contributed by atoms with van der Waals surface area (Å²) in [5, 5.41) is 6.23. The standard InChI is InChI=1S/C23H26N2O.C2H6/c1-16-12-19(14-17-4-8-21(24-2)9-5-17)23(26)20(13-16)15-18-6-10-22(25-3)11-7-18;1-2/h4-11,14-16,24-25H,12-13H2,1-3H3;1-2H3/b19-14+,20-15+;. The lowest BCUT2D eigenvalue weighted by Crippen LogP contribution is -2.18. The number of anilines is 2. The Balaban J connectivity index is 0.00000136. The zero-order valence-corrected chi connectivity index (χ0v) is 17.7. The Kier molecular flexibility index (Phi) is 8.06. The van der Waals surface area contributed by atoms with Gasteiger partial charge in [-0.1, -0.05) is 45.0 Å². The molecule has 148 valence electrons. The Hall–Kier alpha value is -2.81. The topological polar surface area (TPSA) is 41.1 Å². The van der Waals surface area contributed by atoms with Gasteiger partial charge in [0.25, 0.3) is 0 Å². The number of hydrogen-bond donors (Lipinski definition) is 2. The third-order valence-electron chi connectivity index (χ3n) is 4.80. The molecule has 0 bridgehead atoms. The van der Waals surface area contributed by atoms with Crippen LogP contribution in [0.1, 0.15) is 44.7 Å². The fraction of sp³-hybridized carbons (Fsp3) is 0.320. The predicted molar refractivity (Wildman–Crippen MR) is 123 cm³/mol. The maximum absolute atomic E-state index is 13.0. The molecule has 0 atom stereocenters. The molecular weight excluding hydrogens is 344 g/mol. The highest BCUT2D eigenvalue weighted by molar-refractivity contribution is 6.14. The lowest BCUT2D eigenvalue weighted by atomic mass is 9.81. The van der Waals surface area contributed by atoms with Crippen molar-refractivity contribution in [2.45, 2.75) is 33.6 Å². The average Bonchev–Trinajstić information content (AvgIpc) is 2.74. The molecule has 2 N–H and O–H groups in total. The highest BCUT2D eigenvalue weighted by Crippen LogP contribution is 2.32. The van der Waals surface area contributed by atoms with Crippen LogP contribution in [0.15, 0.2) is 59.7 Å². The highest BCUT2D eigenvalue weighted by atomic mass is 16.1. The van der Waals surface area contributed by atoms with Gasteiger partial charge in [-0.25, -0.2) is 0 Å². The minimum absolute atomic E-state index is 0.179. The third-order valence-corrected chi connectivity index (χ3v) is 4.80. The number of hydrogen-bond acceptors (Lipinski definition) is 3. The Morgan fingerprint density at radius 1 is 0.750 bits per heavy atom. The fourth-order valence-electron chi connectivity index (χ4n) is 3.36. The Bertz CT molecular complexity index is 760. The molecule has 0 saturated heterocycles. The first kappa shape index (κ1) is 21.5. The molecule has 0 heterocycles. The van der Waals surface area contributed by atoms with E-state index in [0.29, 0.717) is 5.92 Å². The quantitative estimate of drug-likeness (QED) is 0.619. The van der Waals surface area contributed by atoms with Crippen LogP contribution in [0.3, 0.4) is 0 Å². The monoisotopic (exact) mass is 376 g/mol. The SMILES string of the molecule is CC.CNc1ccc(/C=C2\CC(C)C/C(=C\c3ccc(NC)cc3)C2=O)cc1. The average molecular weight is 377 g/mol. The molecule has 3 rings (SSSR count). The number of nitrogens with one attached hydrogen (secondary N) is 2. The zero-order chi connectivity index (χ0) is 20.5. The van der Waals surface area contributed by atoms with Gasteiger partial charge in [-0.2, -0.15) is 0 Å². The maximum Gasteiger partial charge on any atom is 0.185 e. The number of carbonyl (C=O) groups excluding carboxylic acids is 1. The van der Waals surface area contributed by atoms with Crippen LogP contribution in [-0.2, 0) is 4.79 Å². The summed E-state index contributed by atoms with van der Waals surface area (Å²) in [4.78, 5) is 13.0. The van der Waals surface area contributed by atoms with E-state index in [9.17, 15) is 4.79 Å². The van der Waals surface area contributed by atoms with E-state index in [1.54, 1.807) is 0 Å². The summed E-state index contributed by atoms with van der Waals surface area (Å²) in [6.45, 7) is 6.21. The number of carbonyl (C=O) groups is 1. The van der Waals surface area contributed by atoms with Crippen molar-refractivity contribution >= 4 is 29.3 Å². The van der Waals surface area contributed by atoms with E-state index in [1.807, 2.05) is 88.6 Å². The van der Waals surface area contributed by atoms with Gasteiger partial charge in [-0.15, -0.1) is 0 Å². The second-order valence-corrected chi connectivity index (χ2v) is 6.93. The van der Waals surface area contributed by atoms with Gasteiger partial charge in [0.15, 0.2) is 5.78 Å². The van der Waals surface area contributed by atoms with Gasteiger partial charge in [-0.3, -0.25) is 4.79 Å². The molecule has 2 aromatic carbocycles. The molecule has 0 aromatic heterocycles. The van der Waals surface area contributed by atoms with Crippen molar-refractivity contribution in [3.05, 3.63) is 70.8 Å². The third kappa shape index (κ3) is 5.59. The van der Waals surface area contributed by atoms with Gasteiger partial charge in [0.05, 0.1) is 0 Å². The van der Waals surface area contributed by atoms with Gasteiger partial charge in [0.1, 0.15) is 0 Å². The molecule has 1 aliphatic carbocycles. The van der Waals surface area contributed by atoms with Crippen LogP contribution in [0.5, 0.6) is 0 Å². The van der Waals surface area contributed by atoms with Crippen molar-refractivity contribution in [3.8, 4) is 0 Å². The van der Waals surface area contributed by atoms with Gasteiger partial charge < -0.3 is 10.6 Å². The Morgan fingerprint density at radius 3 is 1.43 bits per heavy atom. The largest absolute Gasteiger partial charge is 0.388 e. The maximum atomic E-state index is 13.0. The minimum Gasteiger partial charge on any atom is -0.388 e. The summed E-state index contributed by atoms with van der Waals surface area (Å²) >= 11 is 0. The van der Waals surface area contributed by atoms with Crippen molar-refractivity contribution in [1.29, 1.82) is 0 Å². The van der Waals surface area contributed by atoms with Gasteiger partial charge >= 0.3 is 0 Å². The predicted octanol–water partition coefficient (Wildman–Crippen LogP) is 6.26. The number of benzene rings is 2. The lowest BCUT2D eigenvalue weighted by Gasteiger charge is -2.22. The molecule has 0 unspecified atom stereocenters. The summed E-state index contributed by atoms with van der Waals surface area (Å²) in [7, 11) is 3.81. The number of allylic oxidation sites excluding steroid dienone is 2. The molecule has 0 radical (unpaired) electrons. The summed E-state index contributed by atoms with van der Waals surface area (Å²) in [6, 6.07) is 16.3. The van der Waals surface area contributed by atoms with Crippen LogP contribution < -0.4 is 10.6 Å². The number of Topliss-reactive ketones (excluding diaryl/α,β-unsaturated/α-hetero) is 1. The van der Waals surface area contributed by atoms with E-state index in [0.717, 1.165) is 46.5 Å². The van der Waals surface area contributed by atoms with E-state index in [2.05, 4.69) is 17.6 Å². The molecule has 28 heavy (non-hydrogen) atoms. The molecule has 1 fully saturated rings. The van der Waals surface area contributed by atoms with Gasteiger partial charge in [0.2, 0.25) is 0 Å². The van der Waals surface area contributed by atoms with Crippen LogP contribution >= 0.6 is 0 Å². The smallest absolute Gasteiger partial charge is 0.185 e. The fourth-order valence-corrected chi connectivity index (χ4v) is 3.36. The van der Waals surface area contributed by atoms with Crippen molar-refractivity contribution in [1.82, 2.24) is 0 Å². The molecule has 3 heteroatoms. The Labute approximate surface area is 169 Å². The van der Waals surface area contributed by atoms with Gasteiger partial charge in [0, 0.05) is 36.6 Å². The van der Waals surface area contributed by atoms with E-state index in [1.165, 1.54) is 0 Å². The van der Waals surface area contributed by atoms with Crippen LogP contribution in [-0.4, -0.2) is 19.9 Å². The first-order valence-electron chi connectivity index (χ1n) is 10.1. The molecule has 2 aromatic rings. The first-order valence-corrected chi connectivity index (χ1v) is 10.1. The van der Waals surface area contributed by atoms with Crippen LogP contribution in [0, 0.1) is 5.92 Å².